The minimum atomic E-state index is -0.246. The number of piperazine rings is 1. The third-order valence-electron chi connectivity index (χ3n) is 7.26. The summed E-state index contributed by atoms with van der Waals surface area (Å²) in [6.45, 7) is 11.8. The summed E-state index contributed by atoms with van der Waals surface area (Å²) >= 11 is 1.57. The predicted octanol–water partition coefficient (Wildman–Crippen LogP) is 3.47. The molecular formula is C28H37N5O4S. The summed E-state index contributed by atoms with van der Waals surface area (Å²) in [7, 11) is 0. The first-order chi connectivity index (χ1) is 18.3. The molecular weight excluding hydrogens is 502 g/mol. The highest BCUT2D eigenvalue weighted by Crippen LogP contribution is 2.27. The second kappa shape index (κ2) is 12.6. The smallest absolute Gasteiger partial charge is 0.310 e. The lowest BCUT2D eigenvalue weighted by Gasteiger charge is -2.35. The van der Waals surface area contributed by atoms with Crippen molar-refractivity contribution in [3.05, 3.63) is 46.6 Å². The molecule has 0 spiro atoms. The average molecular weight is 540 g/mol. The van der Waals surface area contributed by atoms with Crippen molar-refractivity contribution in [2.75, 3.05) is 50.8 Å². The maximum Gasteiger partial charge on any atom is 0.310 e. The molecule has 1 aromatic carbocycles. The number of benzene rings is 1. The highest BCUT2D eigenvalue weighted by Gasteiger charge is 2.30. The van der Waals surface area contributed by atoms with E-state index in [1.165, 1.54) is 0 Å². The Balaban J connectivity index is 1.36. The highest BCUT2D eigenvalue weighted by molar-refractivity contribution is 7.98. The summed E-state index contributed by atoms with van der Waals surface area (Å²) in [6.07, 6.45) is 1.56. The zero-order valence-electron chi connectivity index (χ0n) is 22.7. The summed E-state index contributed by atoms with van der Waals surface area (Å²) in [4.78, 5) is 52.3. The third-order valence-corrected chi connectivity index (χ3v) is 8.18. The molecule has 2 fully saturated rings. The van der Waals surface area contributed by atoms with Crippen molar-refractivity contribution in [2.24, 2.45) is 5.92 Å². The highest BCUT2D eigenvalue weighted by atomic mass is 32.2. The fourth-order valence-electron chi connectivity index (χ4n) is 4.88. The SMILES string of the molecule is CCOC(=O)C1CCCN(C(=O)c2ccc(CSc3nc(C)c(C)c(N4CCN(C(C)=O)CC4)n3)cc2)C1. The molecule has 2 aliphatic heterocycles. The van der Waals surface area contributed by atoms with Gasteiger partial charge in [-0.05, 0) is 51.3 Å². The molecule has 1 unspecified atom stereocenters. The summed E-state index contributed by atoms with van der Waals surface area (Å²) < 4.78 is 5.16. The number of nitrogens with zero attached hydrogens (tertiary/aromatic N) is 5. The molecule has 4 rings (SSSR count). The van der Waals surface area contributed by atoms with E-state index in [2.05, 4.69) is 9.88 Å². The molecule has 10 heteroatoms. The van der Waals surface area contributed by atoms with Crippen molar-refractivity contribution >= 4 is 35.4 Å². The Morgan fingerprint density at radius 2 is 1.71 bits per heavy atom. The molecule has 2 amide bonds. The topological polar surface area (TPSA) is 95.9 Å². The van der Waals surface area contributed by atoms with Gasteiger partial charge in [0.15, 0.2) is 5.16 Å². The van der Waals surface area contributed by atoms with Gasteiger partial charge in [0, 0.05) is 68.8 Å². The van der Waals surface area contributed by atoms with E-state index in [4.69, 9.17) is 9.72 Å². The molecule has 2 saturated heterocycles. The number of rotatable bonds is 7. The van der Waals surface area contributed by atoms with Crippen molar-refractivity contribution in [1.29, 1.82) is 0 Å². The van der Waals surface area contributed by atoms with E-state index < -0.39 is 0 Å². The number of hydrogen-bond acceptors (Lipinski definition) is 8. The number of amides is 2. The van der Waals surface area contributed by atoms with Crippen molar-refractivity contribution in [2.45, 2.75) is 51.4 Å². The van der Waals surface area contributed by atoms with Gasteiger partial charge < -0.3 is 19.4 Å². The van der Waals surface area contributed by atoms with E-state index >= 15 is 0 Å². The Bertz CT molecular complexity index is 1160. The Labute approximate surface area is 228 Å². The molecule has 2 aliphatic rings. The van der Waals surface area contributed by atoms with Crippen LogP contribution >= 0.6 is 11.8 Å². The number of carbonyl (C=O) groups excluding carboxylic acids is 3. The standard InChI is InChI=1S/C28H37N5O4S/c1-5-37-27(36)24-7-6-12-33(17-24)26(35)23-10-8-22(9-11-23)18-38-28-29-20(3)19(2)25(30-28)32-15-13-31(14-16-32)21(4)34/h8-11,24H,5-7,12-18H2,1-4H3. The fourth-order valence-corrected chi connectivity index (χ4v) is 5.72. The molecule has 0 bridgehead atoms. The second-order valence-corrected chi connectivity index (χ2v) is 10.8. The molecule has 0 N–H and O–H groups in total. The quantitative estimate of drug-likeness (QED) is 0.300. The Morgan fingerprint density at radius 1 is 1.00 bits per heavy atom. The van der Waals surface area contributed by atoms with E-state index in [-0.39, 0.29) is 23.7 Å². The Kier molecular flexibility index (Phi) is 9.25. The number of thioether (sulfide) groups is 1. The van der Waals surface area contributed by atoms with Crippen LogP contribution in [0.3, 0.4) is 0 Å². The number of anilines is 1. The van der Waals surface area contributed by atoms with Gasteiger partial charge >= 0.3 is 5.97 Å². The zero-order chi connectivity index (χ0) is 27.2. The monoisotopic (exact) mass is 539 g/mol. The number of ether oxygens (including phenoxy) is 1. The van der Waals surface area contributed by atoms with Gasteiger partial charge in [-0.15, -0.1) is 0 Å². The third kappa shape index (κ3) is 6.64. The van der Waals surface area contributed by atoms with Crippen LogP contribution in [0.25, 0.3) is 0 Å². The first-order valence-electron chi connectivity index (χ1n) is 13.3. The fraction of sp³-hybridized carbons (Fsp3) is 0.536. The van der Waals surface area contributed by atoms with Crippen LogP contribution in [0.2, 0.25) is 0 Å². The molecule has 38 heavy (non-hydrogen) atoms. The first-order valence-corrected chi connectivity index (χ1v) is 14.3. The van der Waals surface area contributed by atoms with E-state index in [0.29, 0.717) is 44.1 Å². The average Bonchev–Trinajstić information content (AvgIpc) is 2.93. The first kappa shape index (κ1) is 27.9. The lowest BCUT2D eigenvalue weighted by molar-refractivity contribution is -0.149. The number of carbonyl (C=O) groups is 3. The van der Waals surface area contributed by atoms with Crippen molar-refractivity contribution in [3.8, 4) is 0 Å². The molecule has 3 heterocycles. The minimum Gasteiger partial charge on any atom is -0.466 e. The van der Waals surface area contributed by atoms with Gasteiger partial charge in [-0.3, -0.25) is 14.4 Å². The van der Waals surface area contributed by atoms with Crippen LogP contribution in [0.15, 0.2) is 29.4 Å². The Hall–Kier alpha value is -3.14. The van der Waals surface area contributed by atoms with Gasteiger partial charge in [0.05, 0.1) is 12.5 Å². The van der Waals surface area contributed by atoms with Gasteiger partial charge in [0.2, 0.25) is 5.91 Å². The summed E-state index contributed by atoms with van der Waals surface area (Å²) in [5, 5.41) is 0.718. The predicted molar refractivity (Wildman–Crippen MR) is 147 cm³/mol. The number of aryl methyl sites for hydroxylation is 1. The molecule has 2 aromatic rings. The molecule has 0 saturated carbocycles. The van der Waals surface area contributed by atoms with E-state index in [9.17, 15) is 14.4 Å². The number of piperidine rings is 1. The van der Waals surface area contributed by atoms with Gasteiger partial charge in [-0.2, -0.15) is 0 Å². The van der Waals surface area contributed by atoms with Crippen LogP contribution in [-0.4, -0.2) is 83.4 Å². The normalized spacial score (nSPS) is 17.9. The van der Waals surface area contributed by atoms with Gasteiger partial charge in [0.25, 0.3) is 5.91 Å². The lowest BCUT2D eigenvalue weighted by atomic mass is 9.97. The van der Waals surface area contributed by atoms with Crippen LogP contribution < -0.4 is 4.90 Å². The molecule has 0 aliphatic carbocycles. The Morgan fingerprint density at radius 3 is 2.37 bits per heavy atom. The number of hydrogen-bond donors (Lipinski definition) is 0. The van der Waals surface area contributed by atoms with Crippen LogP contribution in [0.1, 0.15) is 53.9 Å². The zero-order valence-corrected chi connectivity index (χ0v) is 23.6. The minimum absolute atomic E-state index is 0.0507. The van der Waals surface area contributed by atoms with Crippen molar-refractivity contribution in [3.63, 3.8) is 0 Å². The van der Waals surface area contributed by atoms with Gasteiger partial charge in [0.1, 0.15) is 5.82 Å². The number of aromatic nitrogens is 2. The summed E-state index contributed by atoms with van der Waals surface area (Å²) in [6, 6.07) is 7.65. The van der Waals surface area contributed by atoms with Gasteiger partial charge in [-0.1, -0.05) is 23.9 Å². The number of esters is 1. The lowest BCUT2D eigenvalue weighted by Crippen LogP contribution is -2.48. The van der Waals surface area contributed by atoms with E-state index in [1.807, 2.05) is 43.0 Å². The van der Waals surface area contributed by atoms with E-state index in [0.717, 1.165) is 53.7 Å². The molecule has 204 valence electrons. The van der Waals surface area contributed by atoms with Crippen LogP contribution in [0.4, 0.5) is 5.82 Å². The van der Waals surface area contributed by atoms with Crippen LogP contribution in [-0.2, 0) is 20.1 Å². The van der Waals surface area contributed by atoms with Crippen LogP contribution in [0, 0.1) is 19.8 Å². The largest absolute Gasteiger partial charge is 0.466 e. The molecule has 1 atom stereocenters. The van der Waals surface area contributed by atoms with E-state index in [1.54, 1.807) is 30.5 Å². The number of likely N-dealkylation sites (tertiary alicyclic amines) is 1. The molecule has 0 radical (unpaired) electrons. The maximum absolute atomic E-state index is 13.1. The van der Waals surface area contributed by atoms with Gasteiger partial charge in [-0.25, -0.2) is 9.97 Å². The van der Waals surface area contributed by atoms with Crippen molar-refractivity contribution < 1.29 is 19.1 Å². The summed E-state index contributed by atoms with van der Waals surface area (Å²) in [5.74, 6) is 1.22. The maximum atomic E-state index is 13.1. The van der Waals surface area contributed by atoms with Crippen LogP contribution in [0.5, 0.6) is 0 Å². The van der Waals surface area contributed by atoms with Crippen molar-refractivity contribution in [1.82, 2.24) is 19.8 Å². The second-order valence-electron chi connectivity index (χ2n) is 9.86. The molecule has 1 aromatic heterocycles. The molecule has 9 nitrogen and oxygen atoms in total. The summed E-state index contributed by atoms with van der Waals surface area (Å²) in [5.41, 5.74) is 3.72.